The van der Waals surface area contributed by atoms with Gasteiger partial charge >= 0.3 is 0 Å². The van der Waals surface area contributed by atoms with Crippen LogP contribution in [-0.4, -0.2) is 26.3 Å². The highest BCUT2D eigenvalue weighted by molar-refractivity contribution is 6.32. The average molecular weight is 242 g/mol. The van der Waals surface area contributed by atoms with E-state index in [1.807, 2.05) is 12.1 Å². The summed E-state index contributed by atoms with van der Waals surface area (Å²) < 4.78 is 11.0. The van der Waals surface area contributed by atoms with Gasteiger partial charge in [-0.05, 0) is 38.1 Å². The van der Waals surface area contributed by atoms with Gasteiger partial charge in [-0.3, -0.25) is 0 Å². The van der Waals surface area contributed by atoms with Crippen LogP contribution in [0.1, 0.15) is 12.8 Å². The second kappa shape index (κ2) is 5.41. The molecule has 1 saturated heterocycles. The number of nitrogens with one attached hydrogen (secondary N) is 1. The second-order valence-corrected chi connectivity index (χ2v) is 4.27. The summed E-state index contributed by atoms with van der Waals surface area (Å²) in [6.45, 7) is 2.01. The lowest BCUT2D eigenvalue weighted by atomic mass is 10.1. The van der Waals surface area contributed by atoms with Gasteiger partial charge in [0.15, 0.2) is 0 Å². The summed E-state index contributed by atoms with van der Waals surface area (Å²) in [5, 5.41) is 3.94. The van der Waals surface area contributed by atoms with Gasteiger partial charge in [0, 0.05) is 6.07 Å². The van der Waals surface area contributed by atoms with Gasteiger partial charge in [0.05, 0.1) is 12.1 Å². The summed E-state index contributed by atoms with van der Waals surface area (Å²) in [4.78, 5) is 0. The van der Waals surface area contributed by atoms with E-state index in [1.165, 1.54) is 0 Å². The Labute approximate surface area is 101 Å². The fraction of sp³-hybridized carbons (Fsp3) is 0.500. The highest BCUT2D eigenvalue weighted by Gasteiger charge is 2.16. The van der Waals surface area contributed by atoms with Gasteiger partial charge < -0.3 is 14.8 Å². The molecule has 0 bridgehead atoms. The van der Waals surface area contributed by atoms with E-state index in [1.54, 1.807) is 13.2 Å². The van der Waals surface area contributed by atoms with Gasteiger partial charge in [-0.2, -0.15) is 0 Å². The van der Waals surface area contributed by atoms with E-state index in [-0.39, 0.29) is 6.10 Å². The third-order valence-corrected chi connectivity index (χ3v) is 3.03. The summed E-state index contributed by atoms with van der Waals surface area (Å²) in [6.07, 6.45) is 2.30. The molecule has 4 heteroatoms. The molecule has 2 rings (SSSR count). The molecular weight excluding hydrogens is 226 g/mol. The quantitative estimate of drug-likeness (QED) is 0.882. The van der Waals surface area contributed by atoms with Crippen LogP contribution in [0.25, 0.3) is 0 Å². The molecule has 1 aromatic rings. The van der Waals surface area contributed by atoms with Crippen molar-refractivity contribution < 1.29 is 9.47 Å². The Bertz CT molecular complexity index is 351. The van der Waals surface area contributed by atoms with Crippen molar-refractivity contribution in [2.45, 2.75) is 18.9 Å². The molecule has 1 N–H and O–H groups in total. The monoisotopic (exact) mass is 241 g/mol. The van der Waals surface area contributed by atoms with E-state index in [9.17, 15) is 0 Å². The summed E-state index contributed by atoms with van der Waals surface area (Å²) in [5.74, 6) is 1.49. The standard InChI is InChI=1S/C12H16ClNO2/c1-15-10-2-3-11(13)12(8-10)16-9-4-6-14-7-5-9/h2-3,8-9,14H,4-7H2,1H3. The molecular formula is C12H16ClNO2. The van der Waals surface area contributed by atoms with Crippen LogP contribution in [0, 0.1) is 0 Å². The largest absolute Gasteiger partial charge is 0.497 e. The molecule has 0 aromatic heterocycles. The van der Waals surface area contributed by atoms with E-state index >= 15 is 0 Å². The van der Waals surface area contributed by atoms with Crippen LogP contribution in [0.5, 0.6) is 11.5 Å². The van der Waals surface area contributed by atoms with Crippen LogP contribution in [0.4, 0.5) is 0 Å². The summed E-state index contributed by atoms with van der Waals surface area (Å²) in [6, 6.07) is 5.47. The van der Waals surface area contributed by atoms with Gasteiger partial charge in [0.1, 0.15) is 17.6 Å². The fourth-order valence-corrected chi connectivity index (χ4v) is 1.96. The van der Waals surface area contributed by atoms with E-state index in [4.69, 9.17) is 21.1 Å². The molecule has 0 radical (unpaired) electrons. The van der Waals surface area contributed by atoms with Crippen LogP contribution in [0.15, 0.2) is 18.2 Å². The normalized spacial score (nSPS) is 17.1. The molecule has 1 aliphatic heterocycles. The third kappa shape index (κ3) is 2.80. The zero-order valence-corrected chi connectivity index (χ0v) is 10.1. The first-order valence-corrected chi connectivity index (χ1v) is 5.88. The Balaban J connectivity index is 2.06. The highest BCUT2D eigenvalue weighted by Crippen LogP contribution is 2.30. The molecule has 0 atom stereocenters. The number of benzene rings is 1. The Morgan fingerprint density at radius 3 is 2.75 bits per heavy atom. The van der Waals surface area contributed by atoms with Crippen molar-refractivity contribution in [1.29, 1.82) is 0 Å². The number of hydrogen-bond acceptors (Lipinski definition) is 3. The number of halogens is 1. The van der Waals surface area contributed by atoms with E-state index in [0.717, 1.165) is 31.7 Å². The van der Waals surface area contributed by atoms with Crippen LogP contribution in [0.2, 0.25) is 5.02 Å². The van der Waals surface area contributed by atoms with Crippen molar-refractivity contribution in [3.05, 3.63) is 23.2 Å². The Kier molecular flexibility index (Phi) is 3.91. The molecule has 88 valence electrons. The van der Waals surface area contributed by atoms with Crippen molar-refractivity contribution in [2.24, 2.45) is 0 Å². The molecule has 0 spiro atoms. The lowest BCUT2D eigenvalue weighted by molar-refractivity contribution is 0.162. The van der Waals surface area contributed by atoms with Gasteiger partial charge in [-0.1, -0.05) is 11.6 Å². The summed E-state index contributed by atoms with van der Waals surface area (Å²) in [7, 11) is 1.64. The number of ether oxygens (including phenoxy) is 2. The maximum Gasteiger partial charge on any atom is 0.141 e. The number of hydrogen-bond donors (Lipinski definition) is 1. The second-order valence-electron chi connectivity index (χ2n) is 3.86. The Hall–Kier alpha value is -0.930. The van der Waals surface area contributed by atoms with Gasteiger partial charge in [-0.15, -0.1) is 0 Å². The molecule has 0 amide bonds. The zero-order chi connectivity index (χ0) is 11.4. The van der Waals surface area contributed by atoms with Crippen LogP contribution in [-0.2, 0) is 0 Å². The number of methoxy groups -OCH3 is 1. The molecule has 1 fully saturated rings. The van der Waals surface area contributed by atoms with Crippen molar-refractivity contribution in [1.82, 2.24) is 5.32 Å². The number of rotatable bonds is 3. The maximum absolute atomic E-state index is 6.08. The minimum absolute atomic E-state index is 0.255. The third-order valence-electron chi connectivity index (χ3n) is 2.72. The van der Waals surface area contributed by atoms with Gasteiger partial charge in [-0.25, -0.2) is 0 Å². The molecule has 1 aromatic carbocycles. The smallest absolute Gasteiger partial charge is 0.141 e. The number of piperidine rings is 1. The zero-order valence-electron chi connectivity index (χ0n) is 9.33. The van der Waals surface area contributed by atoms with Crippen molar-refractivity contribution in [3.8, 4) is 11.5 Å². The van der Waals surface area contributed by atoms with E-state index < -0.39 is 0 Å². The Morgan fingerprint density at radius 2 is 2.06 bits per heavy atom. The molecule has 16 heavy (non-hydrogen) atoms. The Morgan fingerprint density at radius 1 is 1.31 bits per heavy atom. The molecule has 0 aliphatic carbocycles. The molecule has 1 heterocycles. The van der Waals surface area contributed by atoms with Crippen molar-refractivity contribution >= 4 is 11.6 Å². The average Bonchev–Trinajstić information content (AvgIpc) is 2.33. The minimum Gasteiger partial charge on any atom is -0.497 e. The van der Waals surface area contributed by atoms with Gasteiger partial charge in [0.2, 0.25) is 0 Å². The fourth-order valence-electron chi connectivity index (χ4n) is 1.79. The predicted molar refractivity (Wildman–Crippen MR) is 64.5 cm³/mol. The van der Waals surface area contributed by atoms with Crippen molar-refractivity contribution in [3.63, 3.8) is 0 Å². The first-order chi connectivity index (χ1) is 7.79. The summed E-state index contributed by atoms with van der Waals surface area (Å²) >= 11 is 6.08. The SMILES string of the molecule is COc1ccc(Cl)c(OC2CCNCC2)c1. The predicted octanol–water partition coefficient (Wildman–Crippen LogP) is 2.48. The molecule has 3 nitrogen and oxygen atoms in total. The highest BCUT2D eigenvalue weighted by atomic mass is 35.5. The molecule has 1 aliphatic rings. The molecule has 0 unspecified atom stereocenters. The summed E-state index contributed by atoms with van der Waals surface area (Å²) in [5.41, 5.74) is 0. The molecule has 0 saturated carbocycles. The van der Waals surface area contributed by atoms with Gasteiger partial charge in [0.25, 0.3) is 0 Å². The van der Waals surface area contributed by atoms with E-state index in [2.05, 4.69) is 5.32 Å². The lowest BCUT2D eigenvalue weighted by Crippen LogP contribution is -2.34. The van der Waals surface area contributed by atoms with Crippen molar-refractivity contribution in [2.75, 3.05) is 20.2 Å². The maximum atomic E-state index is 6.08. The van der Waals surface area contributed by atoms with Crippen LogP contribution in [0.3, 0.4) is 0 Å². The topological polar surface area (TPSA) is 30.5 Å². The first-order valence-electron chi connectivity index (χ1n) is 5.50. The van der Waals surface area contributed by atoms with Crippen LogP contribution < -0.4 is 14.8 Å². The first kappa shape index (κ1) is 11.6. The van der Waals surface area contributed by atoms with Crippen LogP contribution >= 0.6 is 11.6 Å². The lowest BCUT2D eigenvalue weighted by Gasteiger charge is -2.24. The minimum atomic E-state index is 0.255. The van der Waals surface area contributed by atoms with E-state index in [0.29, 0.717) is 10.8 Å².